The van der Waals surface area contributed by atoms with Crippen molar-refractivity contribution in [3.05, 3.63) is 35.1 Å². The van der Waals surface area contributed by atoms with Crippen LogP contribution in [0.5, 0.6) is 11.5 Å². The fourth-order valence-corrected chi connectivity index (χ4v) is 3.28. The van der Waals surface area contributed by atoms with Crippen molar-refractivity contribution >= 4 is 23.6 Å². The Labute approximate surface area is 119 Å². The van der Waals surface area contributed by atoms with Crippen molar-refractivity contribution in [2.75, 3.05) is 7.11 Å². The highest BCUT2D eigenvalue weighted by atomic mass is 32.2. The van der Waals surface area contributed by atoms with Crippen molar-refractivity contribution in [2.45, 2.75) is 11.8 Å². The molecular formula is C13H11NO5S. The van der Waals surface area contributed by atoms with Gasteiger partial charge in [0.25, 0.3) is 0 Å². The van der Waals surface area contributed by atoms with Gasteiger partial charge in [-0.3, -0.25) is 9.69 Å². The van der Waals surface area contributed by atoms with Gasteiger partial charge in [0, 0.05) is 0 Å². The van der Waals surface area contributed by atoms with Crippen molar-refractivity contribution in [1.82, 2.24) is 4.90 Å². The number of ether oxygens (including phenoxy) is 2. The predicted molar refractivity (Wildman–Crippen MR) is 71.1 cm³/mol. The Morgan fingerprint density at radius 2 is 2.00 bits per heavy atom. The lowest BCUT2D eigenvalue weighted by Gasteiger charge is -2.33. The first-order valence-corrected chi connectivity index (χ1v) is 6.76. The minimum absolute atomic E-state index is 0.0768. The minimum Gasteiger partial charge on any atom is -0.497 e. The molecule has 1 saturated heterocycles. The number of fused-ring (bicyclic) bond motifs is 1. The number of rotatable bonds is 4. The maximum Gasteiger partial charge on any atom is 0.357 e. The number of nitrogens with zero attached hydrogens (tertiary/aromatic N) is 1. The van der Waals surface area contributed by atoms with E-state index in [2.05, 4.69) is 0 Å². The minimum atomic E-state index is -1.16. The van der Waals surface area contributed by atoms with Crippen LogP contribution in [-0.4, -0.2) is 34.4 Å². The van der Waals surface area contributed by atoms with Gasteiger partial charge in [-0.2, -0.15) is 0 Å². The van der Waals surface area contributed by atoms with E-state index in [-0.39, 0.29) is 22.1 Å². The van der Waals surface area contributed by atoms with Crippen molar-refractivity contribution in [3.63, 3.8) is 0 Å². The molecule has 1 unspecified atom stereocenters. The Hall–Kier alpha value is -2.15. The number of carbonyl (C=O) groups is 2. The maximum atomic E-state index is 11.5. The van der Waals surface area contributed by atoms with Crippen molar-refractivity contribution in [3.8, 4) is 11.5 Å². The fraction of sp³-hybridized carbons (Fsp3) is 0.231. The number of thioether (sulfide) groups is 1. The Morgan fingerprint density at radius 3 is 2.55 bits per heavy atom. The summed E-state index contributed by atoms with van der Waals surface area (Å²) in [7, 11) is 1.56. The van der Waals surface area contributed by atoms with Crippen molar-refractivity contribution in [1.29, 1.82) is 0 Å². The summed E-state index contributed by atoms with van der Waals surface area (Å²) in [4.78, 5) is 24.0. The van der Waals surface area contributed by atoms with E-state index in [4.69, 9.17) is 9.47 Å². The third-order valence-corrected chi connectivity index (χ3v) is 4.20. The maximum absolute atomic E-state index is 11.5. The van der Waals surface area contributed by atoms with Gasteiger partial charge >= 0.3 is 5.97 Å². The predicted octanol–water partition coefficient (Wildman–Crippen LogP) is 1.63. The van der Waals surface area contributed by atoms with E-state index in [0.29, 0.717) is 17.9 Å². The summed E-state index contributed by atoms with van der Waals surface area (Å²) < 4.78 is 10.6. The third kappa shape index (κ3) is 2.00. The number of carboxylic acid groups (broad SMARTS) is 1. The number of carbonyl (C=O) groups excluding carboxylic acids is 1. The molecule has 1 amide bonds. The first kappa shape index (κ1) is 12.9. The number of carboxylic acids is 1. The molecule has 2 heterocycles. The van der Waals surface area contributed by atoms with Crippen LogP contribution in [0.4, 0.5) is 0 Å². The van der Waals surface area contributed by atoms with Crippen LogP contribution in [0.15, 0.2) is 35.1 Å². The van der Waals surface area contributed by atoms with Gasteiger partial charge in [0.15, 0.2) is 10.8 Å². The van der Waals surface area contributed by atoms with Crippen molar-refractivity contribution in [2.24, 2.45) is 0 Å². The molecule has 3 rings (SSSR count). The highest BCUT2D eigenvalue weighted by Gasteiger charge is 2.49. The van der Waals surface area contributed by atoms with Crippen LogP contribution >= 0.6 is 11.8 Å². The molecule has 6 nitrogen and oxygen atoms in total. The summed E-state index contributed by atoms with van der Waals surface area (Å²) >= 11 is 1.26. The first-order valence-electron chi connectivity index (χ1n) is 5.88. The zero-order chi connectivity index (χ0) is 14.3. The SMILES string of the molecule is COc1ccc(OC2=C(C(=O)O)N3C(=O)CC3S2)cc1. The quantitative estimate of drug-likeness (QED) is 0.850. The average molecular weight is 293 g/mol. The molecule has 0 radical (unpaired) electrons. The highest BCUT2D eigenvalue weighted by molar-refractivity contribution is 8.03. The molecule has 104 valence electrons. The number of benzene rings is 1. The molecule has 1 N–H and O–H groups in total. The van der Waals surface area contributed by atoms with E-state index in [1.54, 1.807) is 31.4 Å². The molecule has 1 aromatic rings. The lowest BCUT2D eigenvalue weighted by atomic mass is 10.2. The summed E-state index contributed by atoms with van der Waals surface area (Å²) in [5, 5.41) is 9.32. The molecule has 0 bridgehead atoms. The van der Waals surface area contributed by atoms with E-state index in [9.17, 15) is 14.7 Å². The molecule has 0 spiro atoms. The van der Waals surface area contributed by atoms with Gasteiger partial charge in [-0.05, 0) is 24.3 Å². The number of methoxy groups -OCH3 is 1. The largest absolute Gasteiger partial charge is 0.497 e. The van der Waals surface area contributed by atoms with Gasteiger partial charge in [-0.15, -0.1) is 0 Å². The second-order valence-corrected chi connectivity index (χ2v) is 5.41. The molecule has 0 aromatic heterocycles. The van der Waals surface area contributed by atoms with Gasteiger partial charge in [0.05, 0.1) is 18.9 Å². The fourth-order valence-electron chi connectivity index (χ4n) is 2.04. The summed E-state index contributed by atoms with van der Waals surface area (Å²) in [5.74, 6) is -0.158. The molecule has 1 atom stereocenters. The van der Waals surface area contributed by atoms with Gasteiger partial charge in [0.2, 0.25) is 5.91 Å². The van der Waals surface area contributed by atoms with Gasteiger partial charge < -0.3 is 14.6 Å². The number of amides is 1. The van der Waals surface area contributed by atoms with Crippen LogP contribution in [-0.2, 0) is 9.59 Å². The second-order valence-electron chi connectivity index (χ2n) is 4.26. The monoisotopic (exact) mass is 293 g/mol. The summed E-state index contributed by atoms with van der Waals surface area (Å²) in [6.45, 7) is 0. The average Bonchev–Trinajstić information content (AvgIpc) is 2.72. The molecule has 2 aliphatic rings. The normalized spacial score (nSPS) is 20.6. The molecule has 1 fully saturated rings. The van der Waals surface area contributed by atoms with Gasteiger partial charge in [0.1, 0.15) is 11.5 Å². The van der Waals surface area contributed by atoms with Crippen LogP contribution in [0, 0.1) is 0 Å². The summed E-state index contributed by atoms with van der Waals surface area (Å²) in [5.41, 5.74) is -0.0768. The molecule has 7 heteroatoms. The molecule has 0 saturated carbocycles. The van der Waals surface area contributed by atoms with Crippen LogP contribution in [0.2, 0.25) is 0 Å². The van der Waals surface area contributed by atoms with E-state index in [1.165, 1.54) is 16.7 Å². The second kappa shape index (κ2) is 4.75. The Morgan fingerprint density at radius 1 is 1.35 bits per heavy atom. The first-order chi connectivity index (χ1) is 9.60. The molecule has 2 aliphatic heterocycles. The standard InChI is InChI=1S/C13H11NO5S/c1-18-7-2-4-8(5-3-7)19-13-11(12(16)17)14-9(15)6-10(14)20-13/h2-5,10H,6H2,1H3,(H,16,17). The van der Waals surface area contributed by atoms with E-state index >= 15 is 0 Å². The topological polar surface area (TPSA) is 76.1 Å². The third-order valence-electron chi connectivity index (χ3n) is 3.06. The van der Waals surface area contributed by atoms with E-state index in [1.807, 2.05) is 0 Å². The highest BCUT2D eigenvalue weighted by Crippen LogP contribution is 2.46. The molecule has 1 aromatic carbocycles. The van der Waals surface area contributed by atoms with Crippen molar-refractivity contribution < 1.29 is 24.2 Å². The number of hydrogen-bond acceptors (Lipinski definition) is 5. The smallest absolute Gasteiger partial charge is 0.357 e. The molecule has 20 heavy (non-hydrogen) atoms. The molecule has 0 aliphatic carbocycles. The molecular weight excluding hydrogens is 282 g/mol. The van der Waals surface area contributed by atoms with E-state index < -0.39 is 5.97 Å². The summed E-state index contributed by atoms with van der Waals surface area (Å²) in [6, 6.07) is 6.80. The Bertz CT molecular complexity index is 610. The lowest BCUT2D eigenvalue weighted by Crippen LogP contribution is -2.48. The van der Waals surface area contributed by atoms with Gasteiger partial charge in [-0.25, -0.2) is 4.79 Å². The number of hydrogen-bond donors (Lipinski definition) is 1. The van der Waals surface area contributed by atoms with Crippen LogP contribution in [0.25, 0.3) is 0 Å². The van der Waals surface area contributed by atoms with Gasteiger partial charge in [-0.1, -0.05) is 11.8 Å². The Kier molecular flexibility index (Phi) is 3.06. The summed E-state index contributed by atoms with van der Waals surface area (Å²) in [6.07, 6.45) is 0.344. The number of aliphatic carboxylic acids is 1. The Balaban J connectivity index is 1.85. The van der Waals surface area contributed by atoms with Crippen LogP contribution < -0.4 is 9.47 Å². The van der Waals surface area contributed by atoms with E-state index in [0.717, 1.165) is 0 Å². The zero-order valence-corrected chi connectivity index (χ0v) is 11.3. The zero-order valence-electron chi connectivity index (χ0n) is 10.5. The lowest BCUT2D eigenvalue weighted by molar-refractivity contribution is -0.145. The van der Waals surface area contributed by atoms with Crippen LogP contribution in [0.1, 0.15) is 6.42 Å². The van der Waals surface area contributed by atoms with Crippen LogP contribution in [0.3, 0.4) is 0 Å². The number of β-lactam (4-membered cyclic amide) rings is 1.